The zero-order chi connectivity index (χ0) is 49.6. The molecule has 66 heavy (non-hydrogen) atoms. The first-order chi connectivity index (χ1) is 30.6. The van der Waals surface area contributed by atoms with Crippen LogP contribution < -0.4 is 0 Å². The number of benzene rings is 3. The standard InChI is InChI=1S/C16H21F2NO3.C16H19F2NO3.C13H13IO8/c2*1-16(2,3)22-15(21)19-8-10(6-12(19)9-20)13-5-4-11(17)7-14(13)18;1-8(15)19-14(20-9(2)16,21-10(3)17)12-7-5-4-6-11(12)13(18)22-14/h4-5,7,10,12,20H,6,8-9H2,1-3H3;4-5,7,9-10,12H,6,8H2,1-3H3;4-7H,1-3H3. The molecule has 3 aromatic carbocycles. The van der Waals surface area contributed by atoms with Gasteiger partial charge in [0.1, 0.15) is 40.8 Å². The summed E-state index contributed by atoms with van der Waals surface area (Å²) in [5, 5.41) is 9.46. The van der Waals surface area contributed by atoms with Crippen LogP contribution in [-0.4, -0.2) is 100 Å². The number of aliphatic hydroxyl groups is 1. The Labute approximate surface area is 381 Å². The fourth-order valence-electron chi connectivity index (χ4n) is 7.16. The van der Waals surface area contributed by atoms with E-state index in [4.69, 9.17) is 21.7 Å². The van der Waals surface area contributed by atoms with Crippen molar-refractivity contribution in [3.63, 3.8) is 0 Å². The number of likely N-dealkylation sites (tertiary alicyclic amines) is 2. The molecular weight excluding hydrogens is 995 g/mol. The third-order valence-electron chi connectivity index (χ3n) is 9.54. The number of ether oxygens (including phenoxy) is 2. The van der Waals surface area contributed by atoms with Crippen LogP contribution in [0.2, 0.25) is 0 Å². The molecule has 4 unspecified atom stereocenters. The predicted molar refractivity (Wildman–Crippen MR) is 234 cm³/mol. The van der Waals surface area contributed by atoms with E-state index in [2.05, 4.69) is 0 Å². The molecule has 0 aliphatic carbocycles. The molecule has 16 nitrogen and oxygen atoms in total. The van der Waals surface area contributed by atoms with Crippen LogP contribution in [0.1, 0.15) is 108 Å². The van der Waals surface area contributed by atoms with Crippen LogP contribution in [0.3, 0.4) is 0 Å². The molecule has 0 saturated carbocycles. The molecule has 2 fully saturated rings. The van der Waals surface area contributed by atoms with E-state index in [1.165, 1.54) is 52.3 Å². The van der Waals surface area contributed by atoms with Crippen molar-refractivity contribution in [2.24, 2.45) is 0 Å². The first kappa shape index (κ1) is 52.8. The van der Waals surface area contributed by atoms with Crippen molar-refractivity contribution in [2.45, 2.75) is 110 Å². The number of nitrogens with zero attached hydrogens (tertiary/aromatic N) is 2. The van der Waals surface area contributed by atoms with E-state index >= 15 is 0 Å². The molecule has 3 aliphatic heterocycles. The molecule has 3 heterocycles. The van der Waals surface area contributed by atoms with Gasteiger partial charge in [0.2, 0.25) is 0 Å². The number of aliphatic hydroxyl groups excluding tert-OH is 1. The Balaban J connectivity index is 0.000000216. The van der Waals surface area contributed by atoms with Crippen molar-refractivity contribution in [1.29, 1.82) is 0 Å². The van der Waals surface area contributed by atoms with Crippen LogP contribution in [0.4, 0.5) is 27.2 Å². The van der Waals surface area contributed by atoms with Gasteiger partial charge in [0, 0.05) is 37.1 Å². The Bertz CT molecular complexity index is 2300. The van der Waals surface area contributed by atoms with Crippen LogP contribution in [0, 0.1) is 26.8 Å². The van der Waals surface area contributed by atoms with E-state index < -0.39 is 101 Å². The fourth-order valence-corrected chi connectivity index (χ4v) is 14.9. The summed E-state index contributed by atoms with van der Waals surface area (Å²) >= 11 is -6.03. The minimum atomic E-state index is -6.03. The molecule has 0 spiro atoms. The molecule has 4 atom stereocenters. The molecule has 6 rings (SSSR count). The zero-order valence-electron chi connectivity index (χ0n) is 37.7. The number of amides is 2. The van der Waals surface area contributed by atoms with Crippen LogP contribution in [0.25, 0.3) is 0 Å². The minimum Gasteiger partial charge on any atom is -0.444 e. The van der Waals surface area contributed by atoms with Gasteiger partial charge in [-0.2, -0.15) is 0 Å². The van der Waals surface area contributed by atoms with Crippen molar-refractivity contribution >= 4 is 61.1 Å². The number of aldehydes is 1. The smallest absolute Gasteiger partial charge is 0.410 e. The average Bonchev–Trinajstić information content (AvgIpc) is 3.87. The van der Waals surface area contributed by atoms with Crippen molar-refractivity contribution in [1.82, 2.24) is 9.80 Å². The SMILES string of the molecule is CC(=O)OI1(OC(C)=O)(OC(C)=O)OC(=O)c2ccccc21.CC(C)(C)OC(=O)N1CC(c2ccc(F)cc2F)CC1C=O.CC(C)(C)OC(=O)N1CC(c2ccc(F)cc2F)CC1CO. The molecular formula is C45H53F4IN2O14. The second kappa shape index (κ2) is 20.8. The molecule has 3 aromatic rings. The maximum absolute atomic E-state index is 13.9. The van der Waals surface area contributed by atoms with Crippen LogP contribution in [0.5, 0.6) is 0 Å². The first-order valence-electron chi connectivity index (χ1n) is 20.4. The first-order valence-corrected chi connectivity index (χ1v) is 25.0. The van der Waals surface area contributed by atoms with Gasteiger partial charge >= 0.3 is 140 Å². The second-order valence-electron chi connectivity index (χ2n) is 17.2. The van der Waals surface area contributed by atoms with Gasteiger partial charge in [0.25, 0.3) is 0 Å². The van der Waals surface area contributed by atoms with Crippen molar-refractivity contribution in [3.8, 4) is 0 Å². The van der Waals surface area contributed by atoms with Crippen molar-refractivity contribution in [3.05, 3.63) is 104 Å². The summed E-state index contributed by atoms with van der Waals surface area (Å²) in [6.07, 6.45) is 0.237. The van der Waals surface area contributed by atoms with Gasteiger partial charge in [-0.3, -0.25) is 4.90 Å². The molecule has 0 radical (unpaired) electrons. The topological polar surface area (TPSA) is 202 Å². The largest absolute Gasteiger partial charge is 0.444 e. The molecule has 2 saturated heterocycles. The third-order valence-corrected chi connectivity index (χ3v) is 17.7. The molecule has 362 valence electrons. The van der Waals surface area contributed by atoms with Gasteiger partial charge in [-0.1, -0.05) is 12.1 Å². The number of hydrogen-bond acceptors (Lipinski definition) is 14. The zero-order valence-corrected chi connectivity index (χ0v) is 39.9. The van der Waals surface area contributed by atoms with E-state index in [9.17, 15) is 56.2 Å². The molecule has 2 amide bonds. The predicted octanol–water partition coefficient (Wildman–Crippen LogP) is 8.26. The molecule has 21 heteroatoms. The minimum absolute atomic E-state index is 0.0142. The number of halogens is 5. The summed E-state index contributed by atoms with van der Waals surface area (Å²) in [5.41, 5.74) is -0.648. The van der Waals surface area contributed by atoms with Gasteiger partial charge in [-0.15, -0.1) is 0 Å². The summed E-state index contributed by atoms with van der Waals surface area (Å²) < 4.78 is 84.8. The van der Waals surface area contributed by atoms with Gasteiger partial charge in [-0.05, 0) is 77.6 Å². The number of rotatable bonds is 7. The van der Waals surface area contributed by atoms with Gasteiger partial charge in [0.15, 0.2) is 0 Å². The summed E-state index contributed by atoms with van der Waals surface area (Å²) in [6, 6.07) is 11.5. The molecule has 1 N–H and O–H groups in total. The summed E-state index contributed by atoms with van der Waals surface area (Å²) in [7, 11) is 0. The van der Waals surface area contributed by atoms with E-state index in [-0.39, 0.29) is 40.7 Å². The molecule has 0 bridgehead atoms. The Morgan fingerprint density at radius 1 is 0.712 bits per heavy atom. The number of carbonyl (C=O) groups is 7. The fraction of sp³-hybridized carbons (Fsp3) is 0.444. The average molecular weight is 1050 g/mol. The van der Waals surface area contributed by atoms with E-state index in [1.807, 2.05) is 0 Å². The van der Waals surface area contributed by atoms with Gasteiger partial charge in [-0.25, -0.2) is 27.2 Å². The summed E-state index contributed by atoms with van der Waals surface area (Å²) in [4.78, 5) is 84.9. The third kappa shape index (κ3) is 12.9. The van der Waals surface area contributed by atoms with Crippen LogP contribution in [0.15, 0.2) is 60.7 Å². The summed E-state index contributed by atoms with van der Waals surface area (Å²) in [5.74, 6) is -6.88. The monoisotopic (exact) mass is 1050 g/mol. The van der Waals surface area contributed by atoms with E-state index in [1.54, 1.807) is 47.6 Å². The van der Waals surface area contributed by atoms with Crippen LogP contribution in [-0.2, 0) is 40.9 Å². The molecule has 3 aliphatic rings. The summed E-state index contributed by atoms with van der Waals surface area (Å²) in [6.45, 7) is 13.7. The van der Waals surface area contributed by atoms with Crippen molar-refractivity contribution in [2.75, 3.05) is 19.7 Å². The van der Waals surface area contributed by atoms with Crippen molar-refractivity contribution < 1.29 is 78.0 Å². The number of carbonyl (C=O) groups excluding carboxylic acids is 7. The van der Waals surface area contributed by atoms with Gasteiger partial charge < -0.3 is 24.3 Å². The van der Waals surface area contributed by atoms with Gasteiger partial charge in [0.05, 0.1) is 18.7 Å². The molecule has 0 aromatic heterocycles. The normalized spacial score (nSPS) is 20.9. The maximum Gasteiger partial charge on any atom is 0.410 e. The Kier molecular flexibility index (Phi) is 16.6. The Hall–Kier alpha value is -5.84. The van der Waals surface area contributed by atoms with E-state index in [0.717, 1.165) is 32.9 Å². The maximum atomic E-state index is 13.9. The Morgan fingerprint density at radius 2 is 1.15 bits per heavy atom. The quantitative estimate of drug-likeness (QED) is 0.135. The van der Waals surface area contributed by atoms with Crippen LogP contribution >= 0.6 is 18.7 Å². The second-order valence-corrected chi connectivity index (χ2v) is 24.1. The Morgan fingerprint density at radius 3 is 1.58 bits per heavy atom. The van der Waals surface area contributed by atoms with E-state index in [0.29, 0.717) is 30.3 Å². The number of fused-ring (bicyclic) bond motifs is 1. The number of hydrogen-bond donors (Lipinski definition) is 1.